The standard InChI is InChI=1S/C18H14O5S/c19-14-9-11-3-1-2-4-15(11)24-16-10-12(5-6-13(14)16)18(22)23-8-7-17(20)21/h1-6,10H,7-9H2,(H,20,21). The highest BCUT2D eigenvalue weighted by atomic mass is 32.2. The minimum Gasteiger partial charge on any atom is -0.481 e. The van der Waals surface area contributed by atoms with Gasteiger partial charge in [-0.15, -0.1) is 0 Å². The molecule has 0 aromatic heterocycles. The van der Waals surface area contributed by atoms with E-state index in [0.717, 1.165) is 10.5 Å². The molecular formula is C18H14O5S. The molecule has 5 nitrogen and oxygen atoms in total. The number of ether oxygens (including phenoxy) is 1. The topological polar surface area (TPSA) is 80.7 Å². The molecule has 1 aliphatic heterocycles. The molecule has 0 atom stereocenters. The third kappa shape index (κ3) is 3.49. The molecule has 6 heteroatoms. The van der Waals surface area contributed by atoms with Gasteiger partial charge in [0.25, 0.3) is 0 Å². The Morgan fingerprint density at radius 1 is 1.12 bits per heavy atom. The fourth-order valence-corrected chi connectivity index (χ4v) is 3.55. The minimum atomic E-state index is -1.03. The molecule has 24 heavy (non-hydrogen) atoms. The van der Waals surface area contributed by atoms with Crippen LogP contribution in [-0.4, -0.2) is 29.4 Å². The van der Waals surface area contributed by atoms with E-state index in [9.17, 15) is 14.4 Å². The first-order valence-electron chi connectivity index (χ1n) is 7.36. The van der Waals surface area contributed by atoms with Crippen molar-refractivity contribution < 1.29 is 24.2 Å². The number of benzene rings is 2. The third-order valence-corrected chi connectivity index (χ3v) is 4.79. The third-order valence-electron chi connectivity index (χ3n) is 3.61. The zero-order valence-electron chi connectivity index (χ0n) is 12.7. The van der Waals surface area contributed by atoms with Gasteiger partial charge in [-0.3, -0.25) is 9.59 Å². The quantitative estimate of drug-likeness (QED) is 0.860. The Labute approximate surface area is 142 Å². The summed E-state index contributed by atoms with van der Waals surface area (Å²) >= 11 is 1.44. The first kappa shape index (κ1) is 16.3. The van der Waals surface area contributed by atoms with E-state index in [-0.39, 0.29) is 18.8 Å². The lowest BCUT2D eigenvalue weighted by molar-refractivity contribution is -0.137. The molecule has 0 fully saturated rings. The van der Waals surface area contributed by atoms with Crippen LogP contribution in [0.15, 0.2) is 52.3 Å². The Morgan fingerprint density at radius 2 is 1.92 bits per heavy atom. The Kier molecular flexibility index (Phi) is 4.66. The van der Waals surface area contributed by atoms with Gasteiger partial charge in [0.05, 0.1) is 12.0 Å². The van der Waals surface area contributed by atoms with E-state index in [2.05, 4.69) is 0 Å². The van der Waals surface area contributed by atoms with Crippen molar-refractivity contribution in [3.63, 3.8) is 0 Å². The Hall–Kier alpha value is -2.60. The number of fused-ring (bicyclic) bond motifs is 2. The summed E-state index contributed by atoms with van der Waals surface area (Å²) in [4.78, 5) is 36.6. The maximum atomic E-state index is 12.4. The predicted octanol–water partition coefficient (Wildman–Crippen LogP) is 3.21. The average Bonchev–Trinajstić information content (AvgIpc) is 2.69. The molecule has 1 aliphatic rings. The smallest absolute Gasteiger partial charge is 0.338 e. The number of carbonyl (C=O) groups excluding carboxylic acids is 2. The number of rotatable bonds is 4. The monoisotopic (exact) mass is 342 g/mol. The molecule has 2 aromatic rings. The van der Waals surface area contributed by atoms with Gasteiger partial charge in [-0.25, -0.2) is 4.79 Å². The Bertz CT molecular complexity index is 828. The lowest BCUT2D eigenvalue weighted by Crippen LogP contribution is -2.10. The summed E-state index contributed by atoms with van der Waals surface area (Å²) in [7, 11) is 0. The molecule has 0 aliphatic carbocycles. The van der Waals surface area contributed by atoms with Gasteiger partial charge >= 0.3 is 11.9 Å². The van der Waals surface area contributed by atoms with E-state index in [0.29, 0.717) is 22.4 Å². The van der Waals surface area contributed by atoms with Crippen LogP contribution >= 0.6 is 11.8 Å². The number of Topliss-reactive ketones (excluding diaryl/α,β-unsaturated/α-hetero) is 1. The van der Waals surface area contributed by atoms with Crippen molar-refractivity contribution in [3.05, 3.63) is 59.2 Å². The number of carbonyl (C=O) groups is 3. The van der Waals surface area contributed by atoms with Crippen molar-refractivity contribution in [2.24, 2.45) is 0 Å². The van der Waals surface area contributed by atoms with Crippen LogP contribution in [0.1, 0.15) is 32.7 Å². The van der Waals surface area contributed by atoms with Gasteiger partial charge in [0.1, 0.15) is 6.61 Å². The van der Waals surface area contributed by atoms with Crippen LogP contribution in [0, 0.1) is 0 Å². The SMILES string of the molecule is O=C(O)CCOC(=O)c1ccc2c(c1)Sc1ccccc1CC2=O. The summed E-state index contributed by atoms with van der Waals surface area (Å²) in [5.41, 5.74) is 1.85. The summed E-state index contributed by atoms with van der Waals surface area (Å²) in [5.74, 6) is -1.61. The molecule has 0 unspecified atom stereocenters. The highest BCUT2D eigenvalue weighted by Gasteiger charge is 2.21. The highest BCUT2D eigenvalue weighted by Crippen LogP contribution is 2.37. The highest BCUT2D eigenvalue weighted by molar-refractivity contribution is 7.99. The molecule has 122 valence electrons. The fraction of sp³-hybridized carbons (Fsp3) is 0.167. The van der Waals surface area contributed by atoms with Crippen molar-refractivity contribution >= 4 is 29.5 Å². The molecule has 0 spiro atoms. The van der Waals surface area contributed by atoms with Crippen molar-refractivity contribution in [1.82, 2.24) is 0 Å². The van der Waals surface area contributed by atoms with Crippen molar-refractivity contribution in [2.45, 2.75) is 22.6 Å². The summed E-state index contributed by atoms with van der Waals surface area (Å²) in [5, 5.41) is 8.58. The number of esters is 1. The zero-order valence-corrected chi connectivity index (χ0v) is 13.5. The molecule has 0 saturated heterocycles. The van der Waals surface area contributed by atoms with Gasteiger partial charge in [0.2, 0.25) is 0 Å². The van der Waals surface area contributed by atoms with E-state index >= 15 is 0 Å². The number of carboxylic acids is 1. The second-order valence-electron chi connectivity index (χ2n) is 5.30. The molecule has 1 N–H and O–H groups in total. The number of carboxylic acid groups (broad SMARTS) is 1. The van der Waals surface area contributed by atoms with Crippen molar-refractivity contribution in [1.29, 1.82) is 0 Å². The van der Waals surface area contributed by atoms with Gasteiger partial charge in [-0.05, 0) is 29.8 Å². The molecule has 3 rings (SSSR count). The van der Waals surface area contributed by atoms with E-state index in [1.165, 1.54) is 17.8 Å². The summed E-state index contributed by atoms with van der Waals surface area (Å²) in [6, 6.07) is 12.5. The first-order chi connectivity index (χ1) is 11.5. The van der Waals surface area contributed by atoms with Crippen molar-refractivity contribution in [2.75, 3.05) is 6.61 Å². The van der Waals surface area contributed by atoms with Crippen LogP contribution in [0.4, 0.5) is 0 Å². The van der Waals surface area contributed by atoms with Crippen LogP contribution < -0.4 is 0 Å². The molecule has 0 radical (unpaired) electrons. The van der Waals surface area contributed by atoms with Crippen LogP contribution in [-0.2, 0) is 16.0 Å². The lowest BCUT2D eigenvalue weighted by Gasteiger charge is -2.08. The zero-order chi connectivity index (χ0) is 17.1. The summed E-state index contributed by atoms with van der Waals surface area (Å²) in [6.07, 6.45) is 0.0931. The van der Waals surface area contributed by atoms with Gasteiger partial charge in [0.15, 0.2) is 5.78 Å². The maximum Gasteiger partial charge on any atom is 0.338 e. The van der Waals surface area contributed by atoms with E-state index in [4.69, 9.17) is 9.84 Å². The molecule has 0 bridgehead atoms. The van der Waals surface area contributed by atoms with E-state index in [1.807, 2.05) is 24.3 Å². The minimum absolute atomic E-state index is 0.00763. The van der Waals surface area contributed by atoms with Gasteiger partial charge in [-0.1, -0.05) is 30.0 Å². The average molecular weight is 342 g/mol. The Balaban J connectivity index is 1.86. The summed E-state index contributed by atoms with van der Waals surface area (Å²) < 4.78 is 4.94. The maximum absolute atomic E-state index is 12.4. The molecular weight excluding hydrogens is 328 g/mol. The van der Waals surface area contributed by atoms with Crippen LogP contribution in [0.25, 0.3) is 0 Å². The fourth-order valence-electron chi connectivity index (χ4n) is 2.41. The normalized spacial score (nSPS) is 12.8. The van der Waals surface area contributed by atoms with Crippen LogP contribution in [0.2, 0.25) is 0 Å². The molecule has 1 heterocycles. The van der Waals surface area contributed by atoms with E-state index < -0.39 is 11.9 Å². The van der Waals surface area contributed by atoms with Crippen LogP contribution in [0.5, 0.6) is 0 Å². The second kappa shape index (κ2) is 6.88. The lowest BCUT2D eigenvalue weighted by atomic mass is 10.0. The van der Waals surface area contributed by atoms with Gasteiger partial charge < -0.3 is 9.84 Å². The number of aliphatic carboxylic acids is 1. The van der Waals surface area contributed by atoms with Crippen molar-refractivity contribution in [3.8, 4) is 0 Å². The Morgan fingerprint density at radius 3 is 2.71 bits per heavy atom. The van der Waals surface area contributed by atoms with E-state index in [1.54, 1.807) is 12.1 Å². The summed E-state index contributed by atoms with van der Waals surface area (Å²) in [6.45, 7) is -0.180. The van der Waals surface area contributed by atoms with Gasteiger partial charge in [-0.2, -0.15) is 0 Å². The first-order valence-corrected chi connectivity index (χ1v) is 8.18. The second-order valence-corrected chi connectivity index (χ2v) is 6.38. The predicted molar refractivity (Wildman–Crippen MR) is 87.6 cm³/mol. The molecule has 0 saturated carbocycles. The van der Waals surface area contributed by atoms with Gasteiger partial charge in [0, 0.05) is 21.8 Å². The van der Waals surface area contributed by atoms with Crippen LogP contribution in [0.3, 0.4) is 0 Å². The molecule has 0 amide bonds. The number of hydrogen-bond acceptors (Lipinski definition) is 5. The number of hydrogen-bond donors (Lipinski definition) is 1. The largest absolute Gasteiger partial charge is 0.481 e. The molecule has 2 aromatic carbocycles. The number of ketones is 1.